The van der Waals surface area contributed by atoms with Gasteiger partial charge in [-0.3, -0.25) is 9.36 Å². The van der Waals surface area contributed by atoms with Crippen LogP contribution in [0.2, 0.25) is 0 Å². The van der Waals surface area contributed by atoms with Crippen LogP contribution in [0.15, 0.2) is 29.3 Å². The molecule has 0 aliphatic carbocycles. The van der Waals surface area contributed by atoms with Gasteiger partial charge in [0.15, 0.2) is 0 Å². The first-order valence-corrected chi connectivity index (χ1v) is 6.44. The summed E-state index contributed by atoms with van der Waals surface area (Å²) in [5.41, 5.74) is 1.86. The van der Waals surface area contributed by atoms with Crippen LogP contribution in [0.1, 0.15) is 18.4 Å². The molecule has 0 bridgehead atoms. The fourth-order valence-electron chi connectivity index (χ4n) is 2.65. The zero-order valence-corrected chi connectivity index (χ0v) is 10.5. The molecule has 1 fully saturated rings. The van der Waals surface area contributed by atoms with E-state index in [0.717, 1.165) is 36.0 Å². The van der Waals surface area contributed by atoms with Gasteiger partial charge < -0.3 is 5.32 Å². The number of rotatable bonds is 2. The van der Waals surface area contributed by atoms with Crippen LogP contribution in [0.4, 0.5) is 0 Å². The van der Waals surface area contributed by atoms with Crippen LogP contribution in [0.5, 0.6) is 0 Å². The molecule has 2 heterocycles. The van der Waals surface area contributed by atoms with Crippen molar-refractivity contribution >= 4 is 10.9 Å². The molecule has 1 aliphatic rings. The minimum absolute atomic E-state index is 0.0757. The van der Waals surface area contributed by atoms with E-state index in [1.54, 1.807) is 10.9 Å². The van der Waals surface area contributed by atoms with E-state index in [1.165, 1.54) is 6.42 Å². The van der Waals surface area contributed by atoms with Crippen LogP contribution >= 0.6 is 0 Å². The summed E-state index contributed by atoms with van der Waals surface area (Å²) in [5, 5.41) is 4.16. The van der Waals surface area contributed by atoms with E-state index in [-0.39, 0.29) is 5.56 Å². The van der Waals surface area contributed by atoms with E-state index >= 15 is 0 Å². The molecule has 3 rings (SSSR count). The fraction of sp³-hybridized carbons (Fsp3) is 0.429. The Balaban J connectivity index is 2.05. The second-order valence-corrected chi connectivity index (χ2v) is 4.96. The molecule has 0 unspecified atom stereocenters. The van der Waals surface area contributed by atoms with Gasteiger partial charge in [0.2, 0.25) is 0 Å². The van der Waals surface area contributed by atoms with Crippen LogP contribution < -0.4 is 10.9 Å². The van der Waals surface area contributed by atoms with Crippen LogP contribution in [0.3, 0.4) is 0 Å². The highest BCUT2D eigenvalue weighted by molar-refractivity contribution is 5.80. The van der Waals surface area contributed by atoms with Gasteiger partial charge in [0.1, 0.15) is 0 Å². The normalized spacial score (nSPS) is 19.5. The lowest BCUT2D eigenvalue weighted by atomic mass is 10.1. The number of nitrogens with zero attached hydrogens (tertiary/aromatic N) is 2. The molecule has 0 spiro atoms. The molecular weight excluding hydrogens is 226 g/mol. The number of aryl methyl sites for hydroxylation is 1. The SMILES string of the molecule is Cc1cccc2ncn(C[C@H]3CCCN3)c(=O)c12. The highest BCUT2D eigenvalue weighted by Gasteiger charge is 2.16. The van der Waals surface area contributed by atoms with Gasteiger partial charge in [-0.05, 0) is 37.9 Å². The fourth-order valence-corrected chi connectivity index (χ4v) is 2.65. The third-order valence-corrected chi connectivity index (χ3v) is 3.64. The minimum atomic E-state index is 0.0757. The second kappa shape index (κ2) is 4.53. The highest BCUT2D eigenvalue weighted by Crippen LogP contribution is 2.12. The second-order valence-electron chi connectivity index (χ2n) is 4.96. The number of hydrogen-bond acceptors (Lipinski definition) is 3. The maximum Gasteiger partial charge on any atom is 0.261 e. The highest BCUT2D eigenvalue weighted by atomic mass is 16.1. The molecule has 18 heavy (non-hydrogen) atoms. The summed E-state index contributed by atoms with van der Waals surface area (Å²) in [6, 6.07) is 6.20. The Morgan fingerprint density at radius 1 is 1.50 bits per heavy atom. The Labute approximate surface area is 106 Å². The number of aromatic nitrogens is 2. The van der Waals surface area contributed by atoms with Crippen molar-refractivity contribution in [2.45, 2.75) is 32.4 Å². The van der Waals surface area contributed by atoms with Crippen molar-refractivity contribution in [3.8, 4) is 0 Å². The predicted octanol–water partition coefficient (Wildman–Crippen LogP) is 1.46. The summed E-state index contributed by atoms with van der Waals surface area (Å²) in [7, 11) is 0. The average molecular weight is 243 g/mol. The standard InChI is InChI=1S/C14H17N3O/c1-10-4-2-6-12-13(10)14(18)17(9-16-12)8-11-5-3-7-15-11/h2,4,6,9,11,15H,3,5,7-8H2,1H3/t11-/m1/s1. The topological polar surface area (TPSA) is 46.9 Å². The summed E-state index contributed by atoms with van der Waals surface area (Å²) in [5.74, 6) is 0. The molecule has 0 amide bonds. The van der Waals surface area contributed by atoms with Crippen molar-refractivity contribution in [2.75, 3.05) is 6.54 Å². The largest absolute Gasteiger partial charge is 0.312 e. The van der Waals surface area contributed by atoms with Crippen LogP contribution in [0.25, 0.3) is 10.9 Å². The van der Waals surface area contributed by atoms with Gasteiger partial charge >= 0.3 is 0 Å². The lowest BCUT2D eigenvalue weighted by Gasteiger charge is -2.13. The van der Waals surface area contributed by atoms with E-state index < -0.39 is 0 Å². The van der Waals surface area contributed by atoms with Crippen molar-refractivity contribution in [1.29, 1.82) is 0 Å². The van der Waals surface area contributed by atoms with Crippen molar-refractivity contribution in [2.24, 2.45) is 0 Å². The summed E-state index contributed by atoms with van der Waals surface area (Å²) >= 11 is 0. The Bertz CT molecular complexity index is 626. The zero-order chi connectivity index (χ0) is 12.5. The lowest BCUT2D eigenvalue weighted by molar-refractivity contribution is 0.497. The molecule has 1 saturated heterocycles. The molecule has 1 aliphatic heterocycles. The molecule has 0 radical (unpaired) electrons. The lowest BCUT2D eigenvalue weighted by Crippen LogP contribution is -2.32. The first kappa shape index (κ1) is 11.4. The van der Waals surface area contributed by atoms with Crippen LogP contribution in [-0.4, -0.2) is 22.1 Å². The Morgan fingerprint density at radius 3 is 3.17 bits per heavy atom. The van der Waals surface area contributed by atoms with Gasteiger partial charge in [-0.2, -0.15) is 0 Å². The molecule has 1 atom stereocenters. The molecule has 94 valence electrons. The zero-order valence-electron chi connectivity index (χ0n) is 10.5. The molecular formula is C14H17N3O. The van der Waals surface area contributed by atoms with Crippen molar-refractivity contribution < 1.29 is 0 Å². The van der Waals surface area contributed by atoms with Crippen molar-refractivity contribution in [1.82, 2.24) is 14.9 Å². The third kappa shape index (κ3) is 1.93. The van der Waals surface area contributed by atoms with E-state index in [0.29, 0.717) is 6.04 Å². The van der Waals surface area contributed by atoms with Crippen molar-refractivity contribution in [3.05, 3.63) is 40.4 Å². The first-order chi connectivity index (χ1) is 8.75. The smallest absolute Gasteiger partial charge is 0.261 e. The molecule has 1 aromatic heterocycles. The van der Waals surface area contributed by atoms with Gasteiger partial charge in [0.05, 0.1) is 17.2 Å². The summed E-state index contributed by atoms with van der Waals surface area (Å²) < 4.78 is 1.73. The van der Waals surface area contributed by atoms with Crippen LogP contribution in [-0.2, 0) is 6.54 Å². The molecule has 2 aromatic rings. The maximum atomic E-state index is 12.4. The number of benzene rings is 1. The van der Waals surface area contributed by atoms with Crippen LogP contribution in [0, 0.1) is 6.92 Å². The van der Waals surface area contributed by atoms with E-state index in [9.17, 15) is 4.79 Å². The summed E-state index contributed by atoms with van der Waals surface area (Å²) in [6.45, 7) is 3.74. The summed E-state index contributed by atoms with van der Waals surface area (Å²) in [4.78, 5) is 16.8. The Hall–Kier alpha value is -1.68. The minimum Gasteiger partial charge on any atom is -0.312 e. The Morgan fingerprint density at radius 2 is 2.39 bits per heavy atom. The van der Waals surface area contributed by atoms with Gasteiger partial charge in [-0.25, -0.2) is 4.98 Å². The van der Waals surface area contributed by atoms with E-state index in [2.05, 4.69) is 10.3 Å². The third-order valence-electron chi connectivity index (χ3n) is 3.64. The van der Waals surface area contributed by atoms with Gasteiger partial charge in [-0.1, -0.05) is 12.1 Å². The van der Waals surface area contributed by atoms with Gasteiger partial charge in [-0.15, -0.1) is 0 Å². The first-order valence-electron chi connectivity index (χ1n) is 6.44. The Kier molecular flexibility index (Phi) is 2.88. The van der Waals surface area contributed by atoms with E-state index in [4.69, 9.17) is 0 Å². The number of hydrogen-bond donors (Lipinski definition) is 1. The van der Waals surface area contributed by atoms with Gasteiger partial charge in [0.25, 0.3) is 5.56 Å². The van der Waals surface area contributed by atoms with Gasteiger partial charge in [0, 0.05) is 12.6 Å². The molecule has 4 heteroatoms. The maximum absolute atomic E-state index is 12.4. The molecule has 1 N–H and O–H groups in total. The molecule has 0 saturated carbocycles. The van der Waals surface area contributed by atoms with E-state index in [1.807, 2.05) is 25.1 Å². The number of nitrogens with one attached hydrogen (secondary N) is 1. The van der Waals surface area contributed by atoms with Crippen molar-refractivity contribution in [3.63, 3.8) is 0 Å². The average Bonchev–Trinajstić information content (AvgIpc) is 2.86. The summed E-state index contributed by atoms with van der Waals surface area (Å²) in [6.07, 6.45) is 4.00. The molecule has 1 aromatic carbocycles. The monoisotopic (exact) mass is 243 g/mol. The molecule has 4 nitrogen and oxygen atoms in total. The number of fused-ring (bicyclic) bond motifs is 1. The predicted molar refractivity (Wildman–Crippen MR) is 71.8 cm³/mol. The quantitative estimate of drug-likeness (QED) is 0.868.